The van der Waals surface area contributed by atoms with Crippen molar-refractivity contribution in [1.29, 1.82) is 0 Å². The van der Waals surface area contributed by atoms with Crippen molar-refractivity contribution in [2.24, 2.45) is 0 Å². The third-order valence-corrected chi connectivity index (χ3v) is 3.99. The molecule has 0 spiro atoms. The minimum atomic E-state index is -0.987. The van der Waals surface area contributed by atoms with Crippen molar-refractivity contribution >= 4 is 40.1 Å². The molecule has 2 rings (SSSR count). The molecule has 3 nitrogen and oxygen atoms in total. The summed E-state index contributed by atoms with van der Waals surface area (Å²) in [6.45, 7) is 0. The predicted molar refractivity (Wildman–Crippen MR) is 93.3 cm³/mol. The number of carbonyl (C=O) groups excluding carboxylic acids is 1. The minimum Gasteiger partial charge on any atom is -0.323 e. The molecule has 0 bridgehead atoms. The molecule has 0 aromatic heterocycles. The molecule has 0 aliphatic rings. The van der Waals surface area contributed by atoms with Crippen molar-refractivity contribution in [2.45, 2.75) is 5.75 Å². The lowest BCUT2D eigenvalue weighted by molar-refractivity contribution is -0.111. The summed E-state index contributed by atoms with van der Waals surface area (Å²) in [5.41, 5.74) is 2.34. The van der Waals surface area contributed by atoms with Crippen LogP contribution in [0.3, 0.4) is 0 Å². The lowest BCUT2D eigenvalue weighted by Gasteiger charge is -2.07. The Morgan fingerprint density at radius 1 is 1.23 bits per heavy atom. The molecule has 0 aliphatic carbocycles. The molecule has 1 amide bonds. The van der Waals surface area contributed by atoms with Gasteiger partial charge in [0, 0.05) is 39.6 Å². The molecule has 5 heteroatoms. The number of halogens is 1. The van der Waals surface area contributed by atoms with Gasteiger partial charge >= 0.3 is 0 Å². The van der Waals surface area contributed by atoms with Crippen molar-refractivity contribution < 1.29 is 9.00 Å². The lowest BCUT2D eigenvalue weighted by atomic mass is 10.2. The van der Waals surface area contributed by atoms with Gasteiger partial charge in [-0.15, -0.1) is 0 Å². The fourth-order valence-electron chi connectivity index (χ4n) is 1.90. The standard InChI is InChI=1S/C17H16ClNO2S/c1-22(21)12-14-11-15(8-9-16(14)18)19-17(20)10-7-13-5-3-2-4-6-13/h2-11H,12H2,1H3,(H,19,20)/b10-7+. The van der Waals surface area contributed by atoms with Gasteiger partial charge in [0.15, 0.2) is 0 Å². The summed E-state index contributed by atoms with van der Waals surface area (Å²) in [6.07, 6.45) is 4.83. The molecule has 0 heterocycles. The smallest absolute Gasteiger partial charge is 0.248 e. The van der Waals surface area contributed by atoms with Crippen LogP contribution in [-0.2, 0) is 21.3 Å². The quantitative estimate of drug-likeness (QED) is 0.844. The SMILES string of the molecule is CS(=O)Cc1cc(NC(=O)/C=C/c2ccccc2)ccc1Cl. The summed E-state index contributed by atoms with van der Waals surface area (Å²) in [5.74, 6) is 0.136. The largest absolute Gasteiger partial charge is 0.323 e. The van der Waals surface area contributed by atoms with Gasteiger partial charge in [-0.25, -0.2) is 0 Å². The van der Waals surface area contributed by atoms with Crippen LogP contribution in [0.5, 0.6) is 0 Å². The van der Waals surface area contributed by atoms with E-state index in [1.807, 2.05) is 30.3 Å². The second-order valence-electron chi connectivity index (χ2n) is 4.76. The van der Waals surface area contributed by atoms with Crippen LogP contribution >= 0.6 is 11.6 Å². The van der Waals surface area contributed by atoms with Gasteiger partial charge in [0.25, 0.3) is 0 Å². The van der Waals surface area contributed by atoms with Crippen molar-refractivity contribution in [3.63, 3.8) is 0 Å². The van der Waals surface area contributed by atoms with Crippen molar-refractivity contribution in [1.82, 2.24) is 0 Å². The number of rotatable bonds is 5. The molecule has 22 heavy (non-hydrogen) atoms. The van der Waals surface area contributed by atoms with Gasteiger partial charge in [-0.1, -0.05) is 41.9 Å². The van der Waals surface area contributed by atoms with E-state index in [4.69, 9.17) is 11.6 Å². The van der Waals surface area contributed by atoms with E-state index >= 15 is 0 Å². The predicted octanol–water partition coefficient (Wildman–Crippen LogP) is 3.87. The Labute approximate surface area is 137 Å². The van der Waals surface area contributed by atoms with Crippen LogP contribution in [0.25, 0.3) is 6.08 Å². The van der Waals surface area contributed by atoms with Crippen LogP contribution in [-0.4, -0.2) is 16.4 Å². The summed E-state index contributed by atoms with van der Waals surface area (Å²) in [7, 11) is -0.987. The minimum absolute atomic E-state index is 0.227. The maximum absolute atomic E-state index is 11.9. The first kappa shape index (κ1) is 16.5. The van der Waals surface area contributed by atoms with E-state index in [2.05, 4.69) is 5.32 Å². The zero-order chi connectivity index (χ0) is 15.9. The highest BCUT2D eigenvalue weighted by Gasteiger charge is 2.05. The first-order valence-electron chi connectivity index (χ1n) is 6.67. The number of hydrogen-bond donors (Lipinski definition) is 1. The van der Waals surface area contributed by atoms with Gasteiger partial charge in [0.05, 0.1) is 0 Å². The number of carbonyl (C=O) groups is 1. The van der Waals surface area contributed by atoms with Gasteiger partial charge in [-0.05, 0) is 35.4 Å². The van der Waals surface area contributed by atoms with Crippen LogP contribution in [0.4, 0.5) is 5.69 Å². The third kappa shape index (κ3) is 5.13. The lowest BCUT2D eigenvalue weighted by Crippen LogP contribution is -2.08. The summed E-state index contributed by atoms with van der Waals surface area (Å²) in [5, 5.41) is 3.32. The number of amides is 1. The Morgan fingerprint density at radius 3 is 2.64 bits per heavy atom. The van der Waals surface area contributed by atoms with Gasteiger partial charge in [0.2, 0.25) is 5.91 Å². The monoisotopic (exact) mass is 333 g/mol. The molecule has 0 radical (unpaired) electrons. The molecular formula is C17H16ClNO2S. The Hall–Kier alpha value is -1.91. The van der Waals surface area contributed by atoms with Crippen LogP contribution in [0.2, 0.25) is 5.02 Å². The average Bonchev–Trinajstić information content (AvgIpc) is 2.49. The fraction of sp³-hybridized carbons (Fsp3) is 0.118. The molecule has 0 saturated heterocycles. The zero-order valence-electron chi connectivity index (χ0n) is 12.1. The van der Waals surface area contributed by atoms with E-state index < -0.39 is 10.8 Å². The summed E-state index contributed by atoms with van der Waals surface area (Å²) < 4.78 is 11.3. The van der Waals surface area contributed by atoms with E-state index in [1.54, 1.807) is 30.5 Å². The molecule has 1 N–H and O–H groups in total. The maximum Gasteiger partial charge on any atom is 0.248 e. The second kappa shape index (κ2) is 7.92. The molecule has 0 aliphatic heterocycles. The number of hydrogen-bond acceptors (Lipinski definition) is 2. The maximum atomic E-state index is 11.9. The van der Waals surface area contributed by atoms with Gasteiger partial charge in [-0.3, -0.25) is 9.00 Å². The third-order valence-electron chi connectivity index (χ3n) is 2.90. The molecular weight excluding hydrogens is 318 g/mol. The van der Waals surface area contributed by atoms with Crippen molar-refractivity contribution in [3.05, 3.63) is 70.8 Å². The van der Waals surface area contributed by atoms with E-state index in [1.165, 1.54) is 6.08 Å². The highest BCUT2D eigenvalue weighted by molar-refractivity contribution is 7.83. The summed E-state index contributed by atoms with van der Waals surface area (Å²) in [6, 6.07) is 14.7. The Kier molecular flexibility index (Phi) is 5.92. The fourth-order valence-corrected chi connectivity index (χ4v) is 2.84. The topological polar surface area (TPSA) is 46.2 Å². The zero-order valence-corrected chi connectivity index (χ0v) is 13.7. The van der Waals surface area contributed by atoms with Crippen LogP contribution < -0.4 is 5.32 Å². The van der Waals surface area contributed by atoms with Gasteiger partial charge in [0.1, 0.15) is 0 Å². The number of anilines is 1. The molecule has 0 saturated carbocycles. The first-order chi connectivity index (χ1) is 10.5. The van der Waals surface area contributed by atoms with E-state index in [-0.39, 0.29) is 5.91 Å². The van der Waals surface area contributed by atoms with Gasteiger partial charge < -0.3 is 5.32 Å². The number of nitrogens with one attached hydrogen (secondary N) is 1. The highest BCUT2D eigenvalue weighted by atomic mass is 35.5. The Balaban J connectivity index is 2.05. The van der Waals surface area contributed by atoms with E-state index in [0.29, 0.717) is 16.5 Å². The van der Waals surface area contributed by atoms with Crippen molar-refractivity contribution in [3.8, 4) is 0 Å². The molecule has 1 atom stereocenters. The first-order valence-corrected chi connectivity index (χ1v) is 8.77. The molecule has 1 unspecified atom stereocenters. The van der Waals surface area contributed by atoms with E-state index in [0.717, 1.165) is 11.1 Å². The average molecular weight is 334 g/mol. The van der Waals surface area contributed by atoms with Crippen molar-refractivity contribution in [2.75, 3.05) is 11.6 Å². The summed E-state index contributed by atoms with van der Waals surface area (Å²) >= 11 is 6.06. The van der Waals surface area contributed by atoms with Crippen LogP contribution in [0.15, 0.2) is 54.6 Å². The van der Waals surface area contributed by atoms with Crippen LogP contribution in [0.1, 0.15) is 11.1 Å². The highest BCUT2D eigenvalue weighted by Crippen LogP contribution is 2.21. The molecule has 2 aromatic carbocycles. The molecule has 2 aromatic rings. The number of benzene rings is 2. The second-order valence-corrected chi connectivity index (χ2v) is 6.60. The Morgan fingerprint density at radius 2 is 1.95 bits per heavy atom. The Bertz CT molecular complexity index is 714. The van der Waals surface area contributed by atoms with Gasteiger partial charge in [-0.2, -0.15) is 0 Å². The summed E-state index contributed by atoms with van der Waals surface area (Å²) in [4.78, 5) is 11.9. The van der Waals surface area contributed by atoms with E-state index in [9.17, 15) is 9.00 Å². The molecule has 0 fully saturated rings. The normalized spacial score (nSPS) is 12.3. The molecule has 114 valence electrons. The van der Waals surface area contributed by atoms with Crippen LogP contribution in [0, 0.1) is 0 Å².